The molecule has 1 aliphatic rings. The van der Waals surface area contributed by atoms with Crippen molar-refractivity contribution < 1.29 is 23.0 Å². The molecule has 6 heteroatoms. The van der Waals surface area contributed by atoms with E-state index in [0.29, 0.717) is 18.8 Å². The second-order valence-corrected chi connectivity index (χ2v) is 5.68. The minimum atomic E-state index is -4.46. The number of aliphatic hydroxyl groups excluding tert-OH is 1. The van der Waals surface area contributed by atoms with Crippen molar-refractivity contribution in [1.82, 2.24) is 0 Å². The summed E-state index contributed by atoms with van der Waals surface area (Å²) < 4.78 is 44.6. The Morgan fingerprint density at radius 3 is 2.67 bits per heavy atom. The standard InChI is InChI=1S/C15H20F3NO2/c1-14(21-2)6-3-7-19(10-14)12-5-4-11(9-20)13(8-12)15(16,17)18/h4-5,8,20H,3,6-7,9-10H2,1-2H3. The summed E-state index contributed by atoms with van der Waals surface area (Å²) in [4.78, 5) is 1.91. The van der Waals surface area contributed by atoms with Crippen LogP contribution in [0.3, 0.4) is 0 Å². The molecule has 1 aromatic carbocycles. The Bertz CT molecular complexity index is 504. The molecule has 1 N–H and O–H groups in total. The van der Waals surface area contributed by atoms with Gasteiger partial charge in [0.25, 0.3) is 0 Å². The van der Waals surface area contributed by atoms with Gasteiger partial charge in [0.15, 0.2) is 0 Å². The second kappa shape index (κ2) is 5.85. The maximum atomic E-state index is 13.0. The van der Waals surface area contributed by atoms with Crippen LogP contribution in [0.4, 0.5) is 18.9 Å². The van der Waals surface area contributed by atoms with Crippen LogP contribution in [0, 0.1) is 0 Å². The van der Waals surface area contributed by atoms with E-state index < -0.39 is 18.3 Å². The number of methoxy groups -OCH3 is 1. The Balaban J connectivity index is 2.32. The lowest BCUT2D eigenvalue weighted by Crippen LogP contribution is -2.47. The summed E-state index contributed by atoms with van der Waals surface area (Å²) in [5, 5.41) is 9.07. The molecule has 2 rings (SSSR count). The van der Waals surface area contributed by atoms with E-state index in [1.807, 2.05) is 11.8 Å². The van der Waals surface area contributed by atoms with Gasteiger partial charge < -0.3 is 14.7 Å². The lowest BCUT2D eigenvalue weighted by molar-refractivity contribution is -0.138. The van der Waals surface area contributed by atoms with E-state index in [-0.39, 0.29) is 11.2 Å². The highest BCUT2D eigenvalue weighted by Gasteiger charge is 2.35. The average Bonchev–Trinajstić information content (AvgIpc) is 2.46. The monoisotopic (exact) mass is 303 g/mol. The molecule has 1 unspecified atom stereocenters. The highest BCUT2D eigenvalue weighted by Crippen LogP contribution is 2.36. The summed E-state index contributed by atoms with van der Waals surface area (Å²) in [5.41, 5.74) is -0.695. The molecule has 0 spiro atoms. The maximum absolute atomic E-state index is 13.0. The highest BCUT2D eigenvalue weighted by atomic mass is 19.4. The Kier molecular flexibility index (Phi) is 4.49. The topological polar surface area (TPSA) is 32.7 Å². The number of nitrogens with zero attached hydrogens (tertiary/aromatic N) is 1. The zero-order valence-corrected chi connectivity index (χ0v) is 12.2. The van der Waals surface area contributed by atoms with Crippen LogP contribution in [0.2, 0.25) is 0 Å². The minimum absolute atomic E-state index is 0.0993. The average molecular weight is 303 g/mol. The fourth-order valence-corrected chi connectivity index (χ4v) is 2.76. The van der Waals surface area contributed by atoms with E-state index >= 15 is 0 Å². The molecule has 0 saturated carbocycles. The first-order chi connectivity index (χ1) is 9.79. The van der Waals surface area contributed by atoms with Crippen molar-refractivity contribution in [2.24, 2.45) is 0 Å². The van der Waals surface area contributed by atoms with Crippen molar-refractivity contribution in [2.75, 3.05) is 25.1 Å². The fourth-order valence-electron chi connectivity index (χ4n) is 2.76. The molecule has 0 aromatic heterocycles. The largest absolute Gasteiger partial charge is 0.416 e. The minimum Gasteiger partial charge on any atom is -0.392 e. The zero-order valence-electron chi connectivity index (χ0n) is 12.2. The van der Waals surface area contributed by atoms with Crippen LogP contribution < -0.4 is 4.90 Å². The molecule has 1 saturated heterocycles. The number of aliphatic hydroxyl groups is 1. The summed E-state index contributed by atoms with van der Waals surface area (Å²) in [6, 6.07) is 4.09. The van der Waals surface area contributed by atoms with Crippen molar-refractivity contribution in [2.45, 2.75) is 38.1 Å². The first kappa shape index (κ1) is 16.1. The number of anilines is 1. The molecule has 0 aliphatic carbocycles. The van der Waals surface area contributed by atoms with Crippen molar-refractivity contribution in [3.05, 3.63) is 29.3 Å². The second-order valence-electron chi connectivity index (χ2n) is 5.68. The van der Waals surface area contributed by atoms with Gasteiger partial charge in [0.2, 0.25) is 0 Å². The van der Waals surface area contributed by atoms with Crippen molar-refractivity contribution in [1.29, 1.82) is 0 Å². The summed E-state index contributed by atoms with van der Waals surface area (Å²) >= 11 is 0. The van der Waals surface area contributed by atoms with Gasteiger partial charge in [-0.25, -0.2) is 0 Å². The predicted octanol–water partition coefficient (Wildman–Crippen LogP) is 3.20. The number of benzene rings is 1. The molecule has 1 fully saturated rings. The van der Waals surface area contributed by atoms with Gasteiger partial charge >= 0.3 is 6.18 Å². The van der Waals surface area contributed by atoms with Gasteiger partial charge in [-0.15, -0.1) is 0 Å². The first-order valence-corrected chi connectivity index (χ1v) is 6.90. The smallest absolute Gasteiger partial charge is 0.392 e. The lowest BCUT2D eigenvalue weighted by atomic mass is 9.94. The maximum Gasteiger partial charge on any atom is 0.416 e. The molecule has 21 heavy (non-hydrogen) atoms. The zero-order chi connectivity index (χ0) is 15.7. The molecule has 1 atom stereocenters. The quantitative estimate of drug-likeness (QED) is 0.931. The number of ether oxygens (including phenoxy) is 1. The Morgan fingerprint density at radius 1 is 1.38 bits per heavy atom. The summed E-state index contributed by atoms with van der Waals surface area (Å²) in [6.07, 6.45) is -2.71. The number of halogens is 3. The molecular formula is C15H20F3NO2. The number of piperidine rings is 1. The van der Waals surface area contributed by atoms with E-state index in [2.05, 4.69) is 0 Å². The summed E-state index contributed by atoms with van der Waals surface area (Å²) in [6.45, 7) is 2.60. The molecule has 118 valence electrons. The van der Waals surface area contributed by atoms with Crippen molar-refractivity contribution in [3.63, 3.8) is 0 Å². The van der Waals surface area contributed by atoms with E-state index in [1.165, 1.54) is 6.07 Å². The molecule has 1 heterocycles. The Hall–Kier alpha value is -1.27. The molecule has 1 aliphatic heterocycles. The van der Waals surface area contributed by atoms with Gasteiger partial charge in [0.05, 0.1) is 17.8 Å². The van der Waals surface area contributed by atoms with E-state index in [0.717, 1.165) is 18.9 Å². The number of hydrogen-bond acceptors (Lipinski definition) is 3. The van der Waals surface area contributed by atoms with Crippen LogP contribution in [-0.4, -0.2) is 30.9 Å². The SMILES string of the molecule is COC1(C)CCCN(c2ccc(CO)c(C(F)(F)F)c2)C1. The molecule has 0 bridgehead atoms. The van der Waals surface area contributed by atoms with Crippen LogP contribution in [0.5, 0.6) is 0 Å². The van der Waals surface area contributed by atoms with Gasteiger partial charge in [-0.05, 0) is 37.5 Å². The van der Waals surface area contributed by atoms with Gasteiger partial charge in [-0.3, -0.25) is 0 Å². The lowest BCUT2D eigenvalue weighted by Gasteiger charge is -2.41. The Morgan fingerprint density at radius 2 is 2.10 bits per heavy atom. The molecule has 0 amide bonds. The van der Waals surface area contributed by atoms with E-state index in [9.17, 15) is 13.2 Å². The van der Waals surface area contributed by atoms with Gasteiger partial charge in [-0.1, -0.05) is 6.07 Å². The molecular weight excluding hydrogens is 283 g/mol. The van der Waals surface area contributed by atoms with Crippen LogP contribution in [0.25, 0.3) is 0 Å². The van der Waals surface area contributed by atoms with Crippen molar-refractivity contribution >= 4 is 5.69 Å². The highest BCUT2D eigenvalue weighted by molar-refractivity contribution is 5.52. The molecule has 3 nitrogen and oxygen atoms in total. The predicted molar refractivity (Wildman–Crippen MR) is 74.2 cm³/mol. The third-order valence-corrected chi connectivity index (χ3v) is 4.09. The third-order valence-electron chi connectivity index (χ3n) is 4.09. The number of alkyl halides is 3. The third kappa shape index (κ3) is 3.49. The van der Waals surface area contributed by atoms with Gasteiger partial charge in [0, 0.05) is 25.9 Å². The van der Waals surface area contributed by atoms with Crippen LogP contribution >= 0.6 is 0 Å². The summed E-state index contributed by atoms with van der Waals surface area (Å²) in [5.74, 6) is 0. The fraction of sp³-hybridized carbons (Fsp3) is 0.600. The summed E-state index contributed by atoms with van der Waals surface area (Å²) in [7, 11) is 1.62. The van der Waals surface area contributed by atoms with Crippen LogP contribution in [0.1, 0.15) is 30.9 Å². The number of hydrogen-bond donors (Lipinski definition) is 1. The number of rotatable bonds is 3. The van der Waals surface area contributed by atoms with Crippen LogP contribution in [0.15, 0.2) is 18.2 Å². The molecule has 1 aromatic rings. The van der Waals surface area contributed by atoms with Crippen molar-refractivity contribution in [3.8, 4) is 0 Å². The normalized spacial score (nSPS) is 23.4. The Labute approximate surface area is 122 Å². The molecule has 0 radical (unpaired) electrons. The first-order valence-electron chi connectivity index (χ1n) is 6.90. The van der Waals surface area contributed by atoms with Gasteiger partial charge in [-0.2, -0.15) is 13.2 Å². The van der Waals surface area contributed by atoms with E-state index in [4.69, 9.17) is 9.84 Å². The van der Waals surface area contributed by atoms with Crippen LogP contribution in [-0.2, 0) is 17.5 Å². The van der Waals surface area contributed by atoms with E-state index in [1.54, 1.807) is 13.2 Å². The van der Waals surface area contributed by atoms with Gasteiger partial charge in [0.1, 0.15) is 0 Å².